The molecule has 0 aromatic heterocycles. The maximum atomic E-state index is 13.4. The monoisotopic (exact) mass is 277 g/mol. The Labute approximate surface area is 115 Å². The van der Waals surface area contributed by atoms with Crippen molar-refractivity contribution in [3.8, 4) is 5.75 Å². The summed E-state index contributed by atoms with van der Waals surface area (Å²) in [7, 11) is 0. The first-order chi connectivity index (χ1) is 9.15. The molecular weight excluding hydrogens is 265 g/mol. The largest absolute Gasteiger partial charge is 0.508 e. The fourth-order valence-electron chi connectivity index (χ4n) is 2.56. The third kappa shape index (κ3) is 2.31. The third-order valence-electron chi connectivity index (χ3n) is 3.46. The van der Waals surface area contributed by atoms with E-state index in [1.54, 1.807) is 24.3 Å². The summed E-state index contributed by atoms with van der Waals surface area (Å²) in [5.74, 6) is -0.104. The molecule has 0 saturated carbocycles. The van der Waals surface area contributed by atoms with Crippen molar-refractivity contribution in [1.82, 2.24) is 5.32 Å². The first kappa shape index (κ1) is 12.5. The molecule has 0 bridgehead atoms. The third-order valence-corrected chi connectivity index (χ3v) is 3.70. The Balaban J connectivity index is 2.13. The van der Waals surface area contributed by atoms with E-state index in [0.717, 1.165) is 24.1 Å². The summed E-state index contributed by atoms with van der Waals surface area (Å²) < 4.78 is 13.4. The molecule has 2 nitrogen and oxygen atoms in total. The van der Waals surface area contributed by atoms with E-state index in [1.165, 1.54) is 12.1 Å². The summed E-state index contributed by atoms with van der Waals surface area (Å²) >= 11 is 5.98. The van der Waals surface area contributed by atoms with Crippen LogP contribution in [0.2, 0.25) is 5.02 Å². The number of rotatable bonds is 1. The van der Waals surface area contributed by atoms with Crippen LogP contribution in [0.4, 0.5) is 4.39 Å². The summed E-state index contributed by atoms with van der Waals surface area (Å²) in [4.78, 5) is 0. The summed E-state index contributed by atoms with van der Waals surface area (Å²) in [6, 6.07) is 9.49. The second kappa shape index (κ2) is 4.83. The number of hydrogen-bond donors (Lipinski definition) is 2. The molecular formula is C15H13ClFNO. The van der Waals surface area contributed by atoms with Gasteiger partial charge in [0.15, 0.2) is 0 Å². The van der Waals surface area contributed by atoms with Crippen molar-refractivity contribution in [2.24, 2.45) is 0 Å². The smallest absolute Gasteiger partial charge is 0.123 e. The van der Waals surface area contributed by atoms with Gasteiger partial charge in [-0.25, -0.2) is 4.39 Å². The Morgan fingerprint density at radius 3 is 2.84 bits per heavy atom. The minimum Gasteiger partial charge on any atom is -0.508 e. The summed E-state index contributed by atoms with van der Waals surface area (Å²) in [5, 5.41) is 13.8. The highest BCUT2D eigenvalue weighted by Crippen LogP contribution is 2.35. The molecule has 1 aliphatic rings. The highest BCUT2D eigenvalue weighted by Gasteiger charge is 2.24. The number of fused-ring (bicyclic) bond motifs is 1. The second-order valence-electron chi connectivity index (χ2n) is 4.68. The van der Waals surface area contributed by atoms with Crippen molar-refractivity contribution in [2.45, 2.75) is 12.5 Å². The molecule has 0 spiro atoms. The molecule has 0 aliphatic carbocycles. The Kier molecular flexibility index (Phi) is 3.17. The molecule has 2 N–H and O–H groups in total. The van der Waals surface area contributed by atoms with Gasteiger partial charge in [-0.1, -0.05) is 17.7 Å². The number of phenols is 1. The highest BCUT2D eigenvalue weighted by atomic mass is 35.5. The molecule has 1 heterocycles. The minimum atomic E-state index is -0.269. The molecule has 4 heteroatoms. The van der Waals surface area contributed by atoms with Gasteiger partial charge >= 0.3 is 0 Å². The van der Waals surface area contributed by atoms with Crippen LogP contribution in [-0.4, -0.2) is 11.7 Å². The maximum absolute atomic E-state index is 13.4. The Morgan fingerprint density at radius 1 is 1.16 bits per heavy atom. The SMILES string of the molecule is Oc1ccc(Cl)cc1C1NCCc2ccc(F)cc21. The van der Waals surface area contributed by atoms with E-state index >= 15 is 0 Å². The molecule has 0 fully saturated rings. The average molecular weight is 278 g/mol. The fraction of sp³-hybridized carbons (Fsp3) is 0.200. The highest BCUT2D eigenvalue weighted by molar-refractivity contribution is 6.30. The number of benzene rings is 2. The van der Waals surface area contributed by atoms with Crippen LogP contribution in [0.15, 0.2) is 36.4 Å². The predicted molar refractivity (Wildman–Crippen MR) is 73.1 cm³/mol. The van der Waals surface area contributed by atoms with Crippen molar-refractivity contribution < 1.29 is 9.50 Å². The van der Waals surface area contributed by atoms with Gasteiger partial charge in [-0.15, -0.1) is 0 Å². The topological polar surface area (TPSA) is 32.3 Å². The summed E-state index contributed by atoms with van der Waals surface area (Å²) in [5.41, 5.74) is 2.65. The molecule has 98 valence electrons. The van der Waals surface area contributed by atoms with Gasteiger partial charge < -0.3 is 10.4 Å². The zero-order chi connectivity index (χ0) is 13.4. The number of halogens is 2. The molecule has 1 aliphatic heterocycles. The molecule has 0 saturated heterocycles. The molecule has 2 aromatic carbocycles. The van der Waals surface area contributed by atoms with Gasteiger partial charge in [-0.3, -0.25) is 0 Å². The lowest BCUT2D eigenvalue weighted by atomic mass is 9.89. The Hall–Kier alpha value is -1.58. The molecule has 19 heavy (non-hydrogen) atoms. The first-order valence-electron chi connectivity index (χ1n) is 6.15. The quantitative estimate of drug-likeness (QED) is 0.837. The van der Waals surface area contributed by atoms with Gasteiger partial charge in [-0.05, 0) is 47.9 Å². The van der Waals surface area contributed by atoms with E-state index in [1.807, 2.05) is 0 Å². The lowest BCUT2D eigenvalue weighted by Gasteiger charge is -2.28. The van der Waals surface area contributed by atoms with Crippen LogP contribution in [0.25, 0.3) is 0 Å². The normalized spacial score (nSPS) is 18.1. The molecule has 1 unspecified atom stereocenters. The van der Waals surface area contributed by atoms with Crippen LogP contribution in [0, 0.1) is 5.82 Å². The van der Waals surface area contributed by atoms with Crippen LogP contribution in [0.3, 0.4) is 0 Å². The zero-order valence-corrected chi connectivity index (χ0v) is 10.9. The standard InChI is InChI=1S/C15H13ClFNO/c16-10-2-4-14(19)13(7-10)15-12-8-11(17)3-1-9(12)5-6-18-15/h1-4,7-8,15,18-19H,5-6H2. The van der Waals surface area contributed by atoms with Gasteiger partial charge in [0.25, 0.3) is 0 Å². The van der Waals surface area contributed by atoms with Gasteiger partial charge in [0, 0.05) is 17.1 Å². The predicted octanol–water partition coefficient (Wildman–Crippen LogP) is 3.42. The summed E-state index contributed by atoms with van der Waals surface area (Å²) in [6.45, 7) is 0.787. The number of nitrogens with one attached hydrogen (secondary N) is 1. The zero-order valence-electron chi connectivity index (χ0n) is 10.2. The van der Waals surface area contributed by atoms with Crippen molar-refractivity contribution in [3.05, 3.63) is 63.9 Å². The number of hydrogen-bond acceptors (Lipinski definition) is 2. The van der Waals surface area contributed by atoms with Crippen LogP contribution in [-0.2, 0) is 6.42 Å². The molecule has 2 aromatic rings. The van der Waals surface area contributed by atoms with Crippen LogP contribution in [0.1, 0.15) is 22.7 Å². The van der Waals surface area contributed by atoms with E-state index in [2.05, 4.69) is 5.32 Å². The first-order valence-corrected chi connectivity index (χ1v) is 6.53. The minimum absolute atomic E-state index is 0.166. The Morgan fingerprint density at radius 2 is 2.00 bits per heavy atom. The fourth-order valence-corrected chi connectivity index (χ4v) is 2.74. The Bertz CT molecular complexity index is 630. The molecule has 3 rings (SSSR count). The van der Waals surface area contributed by atoms with E-state index in [9.17, 15) is 9.50 Å². The van der Waals surface area contributed by atoms with Gasteiger partial charge in [0.05, 0.1) is 6.04 Å². The molecule has 0 radical (unpaired) electrons. The molecule has 0 amide bonds. The number of phenolic OH excluding ortho intramolecular Hbond substituents is 1. The van der Waals surface area contributed by atoms with E-state index in [0.29, 0.717) is 10.6 Å². The van der Waals surface area contributed by atoms with Crippen molar-refractivity contribution in [3.63, 3.8) is 0 Å². The van der Waals surface area contributed by atoms with Crippen LogP contribution in [0.5, 0.6) is 5.75 Å². The van der Waals surface area contributed by atoms with Gasteiger partial charge in [0.2, 0.25) is 0 Å². The van der Waals surface area contributed by atoms with Crippen LogP contribution >= 0.6 is 11.6 Å². The van der Waals surface area contributed by atoms with E-state index in [-0.39, 0.29) is 17.6 Å². The lowest BCUT2D eigenvalue weighted by Crippen LogP contribution is -2.30. The number of aromatic hydroxyl groups is 1. The van der Waals surface area contributed by atoms with Crippen LogP contribution < -0.4 is 5.32 Å². The van der Waals surface area contributed by atoms with Crippen molar-refractivity contribution in [1.29, 1.82) is 0 Å². The van der Waals surface area contributed by atoms with Gasteiger partial charge in [-0.2, -0.15) is 0 Å². The lowest BCUT2D eigenvalue weighted by molar-refractivity contribution is 0.453. The van der Waals surface area contributed by atoms with Crippen molar-refractivity contribution >= 4 is 11.6 Å². The van der Waals surface area contributed by atoms with Crippen molar-refractivity contribution in [2.75, 3.05) is 6.54 Å². The molecule has 1 atom stereocenters. The summed E-state index contributed by atoms with van der Waals surface area (Å²) in [6.07, 6.45) is 0.855. The maximum Gasteiger partial charge on any atom is 0.123 e. The average Bonchev–Trinajstić information content (AvgIpc) is 2.41. The van der Waals surface area contributed by atoms with E-state index < -0.39 is 0 Å². The second-order valence-corrected chi connectivity index (χ2v) is 5.12. The van der Waals surface area contributed by atoms with E-state index in [4.69, 9.17) is 11.6 Å². The van der Waals surface area contributed by atoms with Gasteiger partial charge in [0.1, 0.15) is 11.6 Å².